The molecule has 5 nitrogen and oxygen atoms in total. The van der Waals surface area contributed by atoms with Crippen molar-refractivity contribution in [1.29, 1.82) is 0 Å². The van der Waals surface area contributed by atoms with E-state index in [0.717, 1.165) is 29.5 Å². The Kier molecular flexibility index (Phi) is 5.38. The van der Waals surface area contributed by atoms with Crippen molar-refractivity contribution in [3.05, 3.63) is 54.1 Å². The first-order valence-corrected chi connectivity index (χ1v) is 10.9. The summed E-state index contributed by atoms with van der Waals surface area (Å²) in [6.45, 7) is 3.81. The molecule has 2 aromatic rings. The van der Waals surface area contributed by atoms with Gasteiger partial charge in [-0.1, -0.05) is 36.4 Å². The summed E-state index contributed by atoms with van der Waals surface area (Å²) < 4.78 is 30.6. The topological polar surface area (TPSA) is 80.7 Å². The van der Waals surface area contributed by atoms with Crippen LogP contribution >= 0.6 is 0 Å². The maximum Gasteiger partial charge on any atom is 0.313 e. The van der Waals surface area contributed by atoms with Crippen LogP contribution in [0.25, 0.3) is 11.1 Å². The summed E-state index contributed by atoms with van der Waals surface area (Å²) in [6, 6.07) is 14.2. The van der Waals surface area contributed by atoms with E-state index < -0.39 is 21.2 Å². The largest absolute Gasteiger partial charge is 0.481 e. The lowest BCUT2D eigenvalue weighted by atomic mass is 9.84. The first-order chi connectivity index (χ1) is 13.1. The van der Waals surface area contributed by atoms with Gasteiger partial charge < -0.3 is 9.84 Å². The Morgan fingerprint density at radius 3 is 1.96 bits per heavy atom. The molecule has 0 atom stereocenters. The molecule has 0 saturated heterocycles. The number of ether oxygens (including phenoxy) is 1. The van der Waals surface area contributed by atoms with Crippen LogP contribution in [0.4, 0.5) is 0 Å². The first kappa shape index (κ1) is 20.6. The number of carbonyl (C=O) groups is 1. The Morgan fingerprint density at radius 1 is 1.04 bits per heavy atom. The van der Waals surface area contributed by atoms with E-state index in [1.54, 1.807) is 57.4 Å². The van der Waals surface area contributed by atoms with E-state index in [-0.39, 0.29) is 11.2 Å². The predicted octanol–water partition coefficient (Wildman–Crippen LogP) is 3.92. The Bertz CT molecular complexity index is 953. The van der Waals surface area contributed by atoms with E-state index in [0.29, 0.717) is 11.5 Å². The highest BCUT2D eigenvalue weighted by molar-refractivity contribution is 7.91. The minimum Gasteiger partial charge on any atom is -0.481 e. The summed E-state index contributed by atoms with van der Waals surface area (Å²) >= 11 is 0. The van der Waals surface area contributed by atoms with Crippen molar-refractivity contribution < 1.29 is 23.1 Å². The van der Waals surface area contributed by atoms with Gasteiger partial charge in [-0.2, -0.15) is 0 Å². The van der Waals surface area contributed by atoms with Crippen LogP contribution in [0, 0.1) is 5.41 Å². The van der Waals surface area contributed by atoms with Crippen molar-refractivity contribution in [2.75, 3.05) is 19.5 Å². The molecule has 0 radical (unpaired) electrons. The van der Waals surface area contributed by atoms with Crippen LogP contribution in [0.3, 0.4) is 0 Å². The van der Waals surface area contributed by atoms with Gasteiger partial charge in [0.25, 0.3) is 0 Å². The zero-order chi connectivity index (χ0) is 20.6. The molecule has 0 unspecified atom stereocenters. The van der Waals surface area contributed by atoms with Gasteiger partial charge in [-0.05, 0) is 55.5 Å². The summed E-state index contributed by atoms with van der Waals surface area (Å²) in [7, 11) is -1.76. The maximum absolute atomic E-state index is 12.7. The fourth-order valence-electron chi connectivity index (χ4n) is 3.36. The number of rotatable bonds is 8. The van der Waals surface area contributed by atoms with Crippen molar-refractivity contribution in [2.45, 2.75) is 37.0 Å². The highest BCUT2D eigenvalue weighted by atomic mass is 32.2. The molecule has 1 fully saturated rings. The van der Waals surface area contributed by atoms with E-state index in [2.05, 4.69) is 0 Å². The molecule has 0 heterocycles. The molecule has 0 aromatic heterocycles. The van der Waals surface area contributed by atoms with Crippen LogP contribution < -0.4 is 0 Å². The minimum atomic E-state index is -3.36. The van der Waals surface area contributed by atoms with Gasteiger partial charge in [-0.25, -0.2) is 8.42 Å². The number of hydrogen-bond donors (Lipinski definition) is 1. The van der Waals surface area contributed by atoms with Crippen LogP contribution in [0.15, 0.2) is 53.4 Å². The SMILES string of the molecule is COCC1(CS(=O)(=O)c2ccc(-c3ccc(C(C)(C)C(=O)O)cc3)cc2)CC1. The van der Waals surface area contributed by atoms with Gasteiger partial charge in [-0.15, -0.1) is 0 Å². The van der Waals surface area contributed by atoms with E-state index in [1.807, 2.05) is 12.1 Å². The Labute approximate surface area is 166 Å². The second-order valence-electron chi connectivity index (χ2n) is 8.22. The van der Waals surface area contributed by atoms with E-state index in [1.165, 1.54) is 0 Å². The van der Waals surface area contributed by atoms with E-state index in [4.69, 9.17) is 4.74 Å². The standard InChI is InChI=1S/C22H26O5S/c1-21(2,20(23)24)18-8-4-16(5-9-18)17-6-10-19(11-7-17)28(25,26)15-22(12-13-22)14-27-3/h4-11H,12-15H2,1-3H3,(H,23,24). The molecule has 150 valence electrons. The molecular weight excluding hydrogens is 376 g/mol. The number of carboxylic acids is 1. The molecule has 1 saturated carbocycles. The fraction of sp³-hybridized carbons (Fsp3) is 0.409. The predicted molar refractivity (Wildman–Crippen MR) is 108 cm³/mol. The molecule has 28 heavy (non-hydrogen) atoms. The summed E-state index contributed by atoms with van der Waals surface area (Å²) in [5.41, 5.74) is 1.33. The summed E-state index contributed by atoms with van der Waals surface area (Å²) in [5, 5.41) is 9.34. The Morgan fingerprint density at radius 2 is 1.54 bits per heavy atom. The molecule has 3 rings (SSSR count). The lowest BCUT2D eigenvalue weighted by Gasteiger charge is -2.20. The molecule has 0 amide bonds. The second-order valence-corrected chi connectivity index (χ2v) is 10.2. The minimum absolute atomic E-state index is 0.117. The average molecular weight is 403 g/mol. The number of sulfone groups is 1. The van der Waals surface area contributed by atoms with Gasteiger partial charge in [0.15, 0.2) is 9.84 Å². The van der Waals surface area contributed by atoms with Gasteiger partial charge in [-0.3, -0.25) is 4.79 Å². The highest BCUT2D eigenvalue weighted by Crippen LogP contribution is 2.47. The van der Waals surface area contributed by atoms with Gasteiger partial charge >= 0.3 is 5.97 Å². The highest BCUT2D eigenvalue weighted by Gasteiger charge is 2.46. The molecule has 1 N–H and O–H groups in total. The Hall–Kier alpha value is -2.18. The second kappa shape index (κ2) is 7.33. The molecule has 6 heteroatoms. The van der Waals surface area contributed by atoms with E-state index in [9.17, 15) is 18.3 Å². The Balaban J connectivity index is 1.78. The lowest BCUT2D eigenvalue weighted by Crippen LogP contribution is -2.28. The summed E-state index contributed by atoms with van der Waals surface area (Å²) in [4.78, 5) is 11.7. The van der Waals surface area contributed by atoms with Crippen molar-refractivity contribution in [1.82, 2.24) is 0 Å². The molecule has 0 bridgehead atoms. The number of hydrogen-bond acceptors (Lipinski definition) is 4. The third kappa shape index (κ3) is 4.13. The monoisotopic (exact) mass is 402 g/mol. The zero-order valence-corrected chi connectivity index (χ0v) is 17.3. The van der Waals surface area contributed by atoms with Crippen LogP contribution in [-0.4, -0.2) is 39.0 Å². The number of methoxy groups -OCH3 is 1. The number of carboxylic acid groups (broad SMARTS) is 1. The molecular formula is C22H26O5S. The molecule has 0 spiro atoms. The normalized spacial score (nSPS) is 16.0. The fourth-order valence-corrected chi connectivity index (χ4v) is 5.25. The summed E-state index contributed by atoms with van der Waals surface area (Å²) in [5.74, 6) is -0.761. The summed E-state index contributed by atoms with van der Waals surface area (Å²) in [6.07, 6.45) is 1.77. The van der Waals surface area contributed by atoms with Crippen LogP contribution in [-0.2, 0) is 24.8 Å². The van der Waals surface area contributed by atoms with Crippen molar-refractivity contribution >= 4 is 15.8 Å². The van der Waals surface area contributed by atoms with Crippen LogP contribution in [0.5, 0.6) is 0 Å². The van der Waals surface area contributed by atoms with Gasteiger partial charge in [0.2, 0.25) is 0 Å². The van der Waals surface area contributed by atoms with Gasteiger partial charge in [0.1, 0.15) is 0 Å². The van der Waals surface area contributed by atoms with Crippen LogP contribution in [0.1, 0.15) is 32.3 Å². The molecule has 0 aliphatic heterocycles. The van der Waals surface area contributed by atoms with Gasteiger partial charge in [0, 0.05) is 12.5 Å². The molecule has 2 aromatic carbocycles. The smallest absolute Gasteiger partial charge is 0.313 e. The third-order valence-electron chi connectivity index (χ3n) is 5.59. The number of aliphatic carboxylic acids is 1. The first-order valence-electron chi connectivity index (χ1n) is 9.26. The van der Waals surface area contributed by atoms with E-state index >= 15 is 0 Å². The lowest BCUT2D eigenvalue weighted by molar-refractivity contribution is -0.142. The van der Waals surface area contributed by atoms with Crippen molar-refractivity contribution in [2.24, 2.45) is 5.41 Å². The molecule has 1 aliphatic rings. The quantitative estimate of drug-likeness (QED) is 0.724. The third-order valence-corrected chi connectivity index (χ3v) is 7.57. The zero-order valence-electron chi connectivity index (χ0n) is 16.4. The maximum atomic E-state index is 12.7. The number of benzene rings is 2. The van der Waals surface area contributed by atoms with Crippen LogP contribution in [0.2, 0.25) is 0 Å². The van der Waals surface area contributed by atoms with Gasteiger partial charge in [0.05, 0.1) is 22.7 Å². The average Bonchev–Trinajstić information content (AvgIpc) is 3.40. The van der Waals surface area contributed by atoms with Crippen molar-refractivity contribution in [3.8, 4) is 11.1 Å². The molecule has 1 aliphatic carbocycles. The van der Waals surface area contributed by atoms with Crippen molar-refractivity contribution in [3.63, 3.8) is 0 Å².